The van der Waals surface area contributed by atoms with Crippen LogP contribution in [0, 0.1) is 0 Å². The monoisotopic (exact) mass is 453 g/mol. The molecule has 0 atom stereocenters. The lowest BCUT2D eigenvalue weighted by atomic mass is 10.2. The Kier molecular flexibility index (Phi) is 7.61. The molecule has 0 spiro atoms. The average molecular weight is 454 g/mol. The summed E-state index contributed by atoms with van der Waals surface area (Å²) in [6, 6.07) is 16.2. The number of ether oxygens (including phenoxy) is 1. The summed E-state index contributed by atoms with van der Waals surface area (Å²) in [6.45, 7) is 4.32. The number of hydrogen-bond acceptors (Lipinski definition) is 6. The molecule has 7 heteroatoms. The third kappa shape index (κ3) is 5.87. The lowest BCUT2D eigenvalue weighted by Gasteiger charge is -2.23. The Morgan fingerprint density at radius 2 is 1.94 bits per heavy atom. The van der Waals surface area contributed by atoms with Crippen molar-refractivity contribution < 1.29 is 9.53 Å². The molecule has 0 aliphatic carbocycles. The van der Waals surface area contributed by atoms with Gasteiger partial charge in [0.15, 0.2) is 0 Å². The molecule has 5 nitrogen and oxygen atoms in total. The van der Waals surface area contributed by atoms with Crippen molar-refractivity contribution in [1.29, 1.82) is 0 Å². The Morgan fingerprint density at radius 1 is 1.10 bits per heavy atom. The van der Waals surface area contributed by atoms with E-state index in [1.807, 2.05) is 46.8 Å². The second kappa shape index (κ2) is 10.8. The van der Waals surface area contributed by atoms with Crippen LogP contribution < -0.4 is 4.74 Å². The van der Waals surface area contributed by atoms with Gasteiger partial charge in [0, 0.05) is 48.8 Å². The summed E-state index contributed by atoms with van der Waals surface area (Å²) in [7, 11) is 1.69. The first-order valence-corrected chi connectivity index (χ1v) is 12.4. The van der Waals surface area contributed by atoms with Gasteiger partial charge in [-0.05, 0) is 36.2 Å². The first kappa shape index (κ1) is 21.9. The van der Waals surface area contributed by atoms with Gasteiger partial charge in [-0.25, -0.2) is 4.98 Å². The summed E-state index contributed by atoms with van der Waals surface area (Å²) in [5, 5.41) is 2.06. The van der Waals surface area contributed by atoms with E-state index in [1.54, 1.807) is 30.2 Å². The summed E-state index contributed by atoms with van der Waals surface area (Å²) in [5.74, 6) is 1.79. The molecule has 31 heavy (non-hydrogen) atoms. The topological polar surface area (TPSA) is 45.7 Å². The van der Waals surface area contributed by atoms with E-state index in [1.165, 1.54) is 5.56 Å². The molecule has 0 bridgehead atoms. The zero-order chi connectivity index (χ0) is 21.5. The van der Waals surface area contributed by atoms with Gasteiger partial charge < -0.3 is 9.64 Å². The van der Waals surface area contributed by atoms with E-state index in [9.17, 15) is 4.79 Å². The lowest BCUT2D eigenvalue weighted by Crippen LogP contribution is -2.35. The Balaban J connectivity index is 1.37. The number of amides is 1. The quantitative estimate of drug-likeness (QED) is 0.481. The van der Waals surface area contributed by atoms with Crippen LogP contribution in [0.3, 0.4) is 0 Å². The van der Waals surface area contributed by atoms with Gasteiger partial charge in [-0.3, -0.25) is 9.69 Å². The maximum absolute atomic E-state index is 13.3. The second-order valence-corrected chi connectivity index (χ2v) is 9.27. The van der Waals surface area contributed by atoms with E-state index in [2.05, 4.69) is 27.4 Å². The van der Waals surface area contributed by atoms with Crippen LogP contribution in [0.15, 0.2) is 64.3 Å². The third-order valence-electron chi connectivity index (χ3n) is 5.42. The number of hydrogen-bond donors (Lipinski definition) is 0. The summed E-state index contributed by atoms with van der Waals surface area (Å²) in [5.41, 5.74) is 4.97. The van der Waals surface area contributed by atoms with Crippen LogP contribution in [0.1, 0.15) is 28.0 Å². The first-order chi connectivity index (χ1) is 15.2. The molecule has 0 saturated carbocycles. The molecular formula is C24H27N3O2S2. The number of rotatable bonds is 7. The Morgan fingerprint density at radius 3 is 2.71 bits per heavy atom. The SMILES string of the molecule is COc1ccc(CN2CCCN(C(=O)c3ccccc3SCc3cscn3)CC2)cc1. The Labute approximate surface area is 192 Å². The fourth-order valence-electron chi connectivity index (χ4n) is 3.72. The van der Waals surface area contributed by atoms with Crippen LogP contribution in [0.4, 0.5) is 0 Å². The van der Waals surface area contributed by atoms with Gasteiger partial charge in [0.2, 0.25) is 0 Å². The molecule has 4 rings (SSSR count). The molecule has 1 aliphatic heterocycles. The van der Waals surface area contributed by atoms with Gasteiger partial charge in [0.05, 0.1) is 23.9 Å². The summed E-state index contributed by atoms with van der Waals surface area (Å²) in [6.07, 6.45) is 0.982. The number of benzene rings is 2. The number of aromatic nitrogens is 1. The molecule has 1 aromatic heterocycles. The van der Waals surface area contributed by atoms with Crippen molar-refractivity contribution >= 4 is 29.0 Å². The maximum Gasteiger partial charge on any atom is 0.255 e. The van der Waals surface area contributed by atoms with Gasteiger partial charge in [-0.2, -0.15) is 0 Å². The molecule has 162 valence electrons. The predicted octanol–water partition coefficient (Wildman–Crippen LogP) is 4.79. The van der Waals surface area contributed by atoms with Crippen molar-refractivity contribution in [2.75, 3.05) is 33.3 Å². The molecule has 0 unspecified atom stereocenters. The van der Waals surface area contributed by atoms with Crippen LogP contribution in [0.5, 0.6) is 5.75 Å². The van der Waals surface area contributed by atoms with Crippen molar-refractivity contribution in [2.24, 2.45) is 0 Å². The lowest BCUT2D eigenvalue weighted by molar-refractivity contribution is 0.0757. The number of nitrogens with zero attached hydrogens (tertiary/aromatic N) is 3. The number of carbonyl (C=O) groups is 1. The van der Waals surface area contributed by atoms with Crippen molar-refractivity contribution in [3.05, 3.63) is 76.2 Å². The molecule has 0 radical (unpaired) electrons. The highest BCUT2D eigenvalue weighted by molar-refractivity contribution is 7.98. The number of thiazole rings is 1. The molecule has 1 aliphatic rings. The van der Waals surface area contributed by atoms with Gasteiger partial charge in [-0.1, -0.05) is 24.3 Å². The summed E-state index contributed by atoms with van der Waals surface area (Å²) >= 11 is 3.29. The molecule has 1 amide bonds. The first-order valence-electron chi connectivity index (χ1n) is 10.5. The highest BCUT2D eigenvalue weighted by Gasteiger charge is 2.22. The van der Waals surface area contributed by atoms with Gasteiger partial charge >= 0.3 is 0 Å². The van der Waals surface area contributed by atoms with Crippen LogP contribution in [-0.4, -0.2) is 54.0 Å². The predicted molar refractivity (Wildman–Crippen MR) is 127 cm³/mol. The van der Waals surface area contributed by atoms with E-state index in [-0.39, 0.29) is 5.91 Å². The number of methoxy groups -OCH3 is 1. The fraction of sp³-hybridized carbons (Fsp3) is 0.333. The summed E-state index contributed by atoms with van der Waals surface area (Å²) in [4.78, 5) is 23.2. The molecule has 1 saturated heterocycles. The third-order valence-corrected chi connectivity index (χ3v) is 7.16. The van der Waals surface area contributed by atoms with E-state index in [4.69, 9.17) is 4.74 Å². The standard InChI is InChI=1S/C24H27N3O2S2/c1-29-21-9-7-19(8-10-21)15-26-11-4-12-27(14-13-26)24(28)22-5-2-3-6-23(22)31-17-20-16-30-18-25-20/h2-3,5-10,16,18H,4,11-15,17H2,1H3. The van der Waals surface area contributed by atoms with Crippen LogP contribution >= 0.6 is 23.1 Å². The van der Waals surface area contributed by atoms with E-state index >= 15 is 0 Å². The highest BCUT2D eigenvalue weighted by atomic mass is 32.2. The minimum Gasteiger partial charge on any atom is -0.497 e. The smallest absolute Gasteiger partial charge is 0.255 e. The molecule has 3 aromatic rings. The zero-order valence-electron chi connectivity index (χ0n) is 17.7. The number of carbonyl (C=O) groups excluding carboxylic acids is 1. The van der Waals surface area contributed by atoms with E-state index in [0.29, 0.717) is 0 Å². The fourth-order valence-corrected chi connectivity index (χ4v) is 5.33. The van der Waals surface area contributed by atoms with E-state index < -0.39 is 0 Å². The van der Waals surface area contributed by atoms with Gasteiger partial charge in [0.25, 0.3) is 5.91 Å². The minimum absolute atomic E-state index is 0.132. The summed E-state index contributed by atoms with van der Waals surface area (Å²) < 4.78 is 5.25. The van der Waals surface area contributed by atoms with Crippen molar-refractivity contribution in [1.82, 2.24) is 14.8 Å². The van der Waals surface area contributed by atoms with Crippen molar-refractivity contribution in [2.45, 2.75) is 23.6 Å². The number of thioether (sulfide) groups is 1. The maximum atomic E-state index is 13.3. The van der Waals surface area contributed by atoms with Crippen LogP contribution in [-0.2, 0) is 12.3 Å². The average Bonchev–Trinajstić information content (AvgIpc) is 3.23. The van der Waals surface area contributed by atoms with Crippen molar-refractivity contribution in [3.63, 3.8) is 0 Å². The van der Waals surface area contributed by atoms with Crippen LogP contribution in [0.2, 0.25) is 0 Å². The Hall–Kier alpha value is -2.35. The molecule has 0 N–H and O–H groups in total. The molecule has 2 aromatic carbocycles. The van der Waals surface area contributed by atoms with Gasteiger partial charge in [0.1, 0.15) is 5.75 Å². The van der Waals surface area contributed by atoms with E-state index in [0.717, 1.165) is 66.8 Å². The molecule has 1 fully saturated rings. The highest BCUT2D eigenvalue weighted by Crippen LogP contribution is 2.27. The molecular weight excluding hydrogens is 426 g/mol. The van der Waals surface area contributed by atoms with Gasteiger partial charge in [-0.15, -0.1) is 23.1 Å². The molecule has 2 heterocycles. The second-order valence-electron chi connectivity index (χ2n) is 7.53. The normalized spacial score (nSPS) is 14.9. The minimum atomic E-state index is 0.132. The Bertz CT molecular complexity index is 977. The largest absolute Gasteiger partial charge is 0.497 e. The zero-order valence-corrected chi connectivity index (χ0v) is 19.3. The van der Waals surface area contributed by atoms with Crippen LogP contribution in [0.25, 0.3) is 0 Å². The van der Waals surface area contributed by atoms with Crippen molar-refractivity contribution in [3.8, 4) is 5.75 Å².